The van der Waals surface area contributed by atoms with Crippen molar-refractivity contribution in [1.29, 1.82) is 0 Å². The number of carbonyl (C=O) groups is 1. The van der Waals surface area contributed by atoms with E-state index in [1.807, 2.05) is 0 Å². The van der Waals surface area contributed by atoms with Gasteiger partial charge in [-0.2, -0.15) is 0 Å². The maximum atomic E-state index is 11.2. The number of nitrogens with two attached hydrogens (primary N) is 1. The first-order chi connectivity index (χ1) is 7.58. The van der Waals surface area contributed by atoms with Gasteiger partial charge in [0.15, 0.2) is 0 Å². The average Bonchev–Trinajstić information content (AvgIpc) is 2.28. The van der Waals surface area contributed by atoms with Crippen molar-refractivity contribution in [3.05, 3.63) is 23.2 Å². The highest BCUT2D eigenvalue weighted by Crippen LogP contribution is 2.26. The summed E-state index contributed by atoms with van der Waals surface area (Å²) in [5, 5.41) is 13.6. The maximum Gasteiger partial charge on any atom is 0.294 e. The molecule has 0 aliphatic heterocycles. The number of benzene rings is 1. The molecular formula is C9H10ClN3O3. The number of anilines is 1. The van der Waals surface area contributed by atoms with Crippen LogP contribution in [-0.2, 0) is 4.79 Å². The standard InChI is InChI=1S/C9H10ClN3O3/c1-16-7-3-2-5(4-6(7)10)12-9(14)8(11)13-15/h2-4,15H,1H3,(H2,11,13)(H,12,14). The van der Waals surface area contributed by atoms with Gasteiger partial charge < -0.3 is 21.0 Å². The lowest BCUT2D eigenvalue weighted by molar-refractivity contribution is -0.110. The van der Waals surface area contributed by atoms with E-state index in [1.165, 1.54) is 13.2 Å². The summed E-state index contributed by atoms with van der Waals surface area (Å²) < 4.78 is 4.94. The van der Waals surface area contributed by atoms with E-state index in [0.29, 0.717) is 16.5 Å². The summed E-state index contributed by atoms with van der Waals surface area (Å²) in [5.74, 6) is -0.765. The predicted molar refractivity (Wildman–Crippen MR) is 60.0 cm³/mol. The lowest BCUT2D eigenvalue weighted by Gasteiger charge is -2.06. The Morgan fingerprint density at radius 3 is 2.81 bits per heavy atom. The highest BCUT2D eigenvalue weighted by atomic mass is 35.5. The van der Waals surface area contributed by atoms with E-state index < -0.39 is 11.7 Å². The Bertz CT molecular complexity index is 434. The minimum atomic E-state index is -0.719. The molecule has 0 fully saturated rings. The molecule has 1 aromatic rings. The number of halogens is 1. The van der Waals surface area contributed by atoms with E-state index in [9.17, 15) is 4.79 Å². The summed E-state index contributed by atoms with van der Waals surface area (Å²) >= 11 is 5.84. The molecule has 0 saturated heterocycles. The second-order valence-corrected chi connectivity index (χ2v) is 3.20. The summed E-state index contributed by atoms with van der Waals surface area (Å²) in [6, 6.07) is 4.65. The molecule has 0 saturated carbocycles. The van der Waals surface area contributed by atoms with E-state index in [1.54, 1.807) is 12.1 Å². The molecule has 0 radical (unpaired) electrons. The van der Waals surface area contributed by atoms with Crippen molar-refractivity contribution in [1.82, 2.24) is 0 Å². The number of carbonyl (C=O) groups excluding carboxylic acids is 1. The number of nitrogens with zero attached hydrogens (tertiary/aromatic N) is 1. The Balaban J connectivity index is 2.83. The number of rotatable bonds is 2. The largest absolute Gasteiger partial charge is 0.495 e. The van der Waals surface area contributed by atoms with Gasteiger partial charge in [-0.05, 0) is 18.2 Å². The van der Waals surface area contributed by atoms with Crippen LogP contribution < -0.4 is 15.8 Å². The summed E-state index contributed by atoms with van der Waals surface area (Å²) in [6.45, 7) is 0. The van der Waals surface area contributed by atoms with Crippen LogP contribution in [0.3, 0.4) is 0 Å². The van der Waals surface area contributed by atoms with Crippen LogP contribution in [0.2, 0.25) is 5.02 Å². The maximum absolute atomic E-state index is 11.2. The van der Waals surface area contributed by atoms with Gasteiger partial charge in [0, 0.05) is 5.69 Å². The van der Waals surface area contributed by atoms with Crippen LogP contribution in [0.5, 0.6) is 5.75 Å². The van der Waals surface area contributed by atoms with Crippen LogP contribution in [0.15, 0.2) is 23.4 Å². The van der Waals surface area contributed by atoms with Crippen LogP contribution in [0.25, 0.3) is 0 Å². The zero-order valence-corrected chi connectivity index (χ0v) is 9.15. The van der Waals surface area contributed by atoms with Crippen molar-refractivity contribution in [3.63, 3.8) is 0 Å². The molecule has 6 nitrogen and oxygen atoms in total. The van der Waals surface area contributed by atoms with E-state index in [4.69, 9.17) is 27.3 Å². The molecule has 16 heavy (non-hydrogen) atoms. The fourth-order valence-electron chi connectivity index (χ4n) is 0.985. The van der Waals surface area contributed by atoms with Crippen molar-refractivity contribution in [3.8, 4) is 5.75 Å². The van der Waals surface area contributed by atoms with Crippen molar-refractivity contribution >= 4 is 29.0 Å². The molecule has 0 atom stereocenters. The predicted octanol–water partition coefficient (Wildman–Crippen LogP) is 1.03. The highest BCUT2D eigenvalue weighted by molar-refractivity contribution is 6.41. The van der Waals surface area contributed by atoms with Gasteiger partial charge in [0.05, 0.1) is 12.1 Å². The number of nitrogens with one attached hydrogen (secondary N) is 1. The number of methoxy groups -OCH3 is 1. The zero-order valence-electron chi connectivity index (χ0n) is 8.40. The molecule has 4 N–H and O–H groups in total. The first kappa shape index (κ1) is 12.1. The number of hydrogen-bond acceptors (Lipinski definition) is 4. The van der Waals surface area contributed by atoms with Crippen LogP contribution in [0, 0.1) is 0 Å². The SMILES string of the molecule is COc1ccc(NC(=O)/C(N)=N/O)cc1Cl. The van der Waals surface area contributed by atoms with Crippen molar-refractivity contribution < 1.29 is 14.7 Å². The van der Waals surface area contributed by atoms with E-state index in [-0.39, 0.29) is 0 Å². The zero-order chi connectivity index (χ0) is 12.1. The molecule has 7 heteroatoms. The Labute approximate surface area is 96.6 Å². The quantitative estimate of drug-likeness (QED) is 0.313. The molecule has 1 amide bonds. The molecule has 0 aliphatic rings. The molecule has 0 aliphatic carbocycles. The molecule has 0 bridgehead atoms. The third kappa shape index (κ3) is 2.77. The first-order valence-corrected chi connectivity index (χ1v) is 4.58. The lowest BCUT2D eigenvalue weighted by atomic mass is 10.3. The molecule has 0 unspecified atom stereocenters. The monoisotopic (exact) mass is 243 g/mol. The number of amidine groups is 1. The van der Waals surface area contributed by atoms with Gasteiger partial charge in [-0.1, -0.05) is 16.8 Å². The third-order valence-corrected chi connectivity index (χ3v) is 2.05. The minimum absolute atomic E-state index is 0.347. The van der Waals surface area contributed by atoms with Crippen LogP contribution >= 0.6 is 11.6 Å². The number of amides is 1. The van der Waals surface area contributed by atoms with E-state index in [0.717, 1.165) is 0 Å². The summed E-state index contributed by atoms with van der Waals surface area (Å²) in [5.41, 5.74) is 5.51. The van der Waals surface area contributed by atoms with Crippen molar-refractivity contribution in [2.24, 2.45) is 10.9 Å². The Kier molecular flexibility index (Phi) is 3.96. The van der Waals surface area contributed by atoms with Crippen LogP contribution in [0.1, 0.15) is 0 Å². The molecule has 0 heterocycles. The molecule has 1 aromatic carbocycles. The van der Waals surface area contributed by atoms with Crippen molar-refractivity contribution in [2.75, 3.05) is 12.4 Å². The Morgan fingerprint density at radius 1 is 1.62 bits per heavy atom. The number of oxime groups is 1. The number of hydrogen-bond donors (Lipinski definition) is 3. The minimum Gasteiger partial charge on any atom is -0.495 e. The molecule has 0 aromatic heterocycles. The van der Waals surface area contributed by atoms with Crippen molar-refractivity contribution in [2.45, 2.75) is 0 Å². The molecule has 1 rings (SSSR count). The van der Waals surface area contributed by atoms with Gasteiger partial charge in [0.2, 0.25) is 5.84 Å². The highest BCUT2D eigenvalue weighted by Gasteiger charge is 2.09. The summed E-state index contributed by atoms with van der Waals surface area (Å²) in [4.78, 5) is 11.2. The second-order valence-electron chi connectivity index (χ2n) is 2.79. The molecular weight excluding hydrogens is 234 g/mol. The fraction of sp³-hybridized carbons (Fsp3) is 0.111. The van der Waals surface area contributed by atoms with Gasteiger partial charge in [-0.25, -0.2) is 0 Å². The van der Waals surface area contributed by atoms with E-state index >= 15 is 0 Å². The lowest BCUT2D eigenvalue weighted by Crippen LogP contribution is -2.30. The normalized spacial score (nSPS) is 11.0. The Hall–Kier alpha value is -1.95. The third-order valence-electron chi connectivity index (χ3n) is 1.75. The van der Waals surface area contributed by atoms with Gasteiger partial charge in [0.25, 0.3) is 5.91 Å². The first-order valence-electron chi connectivity index (χ1n) is 4.21. The van der Waals surface area contributed by atoms with E-state index in [2.05, 4.69) is 10.5 Å². The average molecular weight is 244 g/mol. The number of ether oxygens (including phenoxy) is 1. The molecule has 0 spiro atoms. The Morgan fingerprint density at radius 2 is 2.31 bits per heavy atom. The van der Waals surface area contributed by atoms with Crippen LogP contribution in [0.4, 0.5) is 5.69 Å². The smallest absolute Gasteiger partial charge is 0.294 e. The van der Waals surface area contributed by atoms with Gasteiger partial charge in [0.1, 0.15) is 5.75 Å². The fourth-order valence-corrected chi connectivity index (χ4v) is 1.24. The topological polar surface area (TPSA) is 96.9 Å². The van der Waals surface area contributed by atoms with Gasteiger partial charge in [-0.15, -0.1) is 0 Å². The van der Waals surface area contributed by atoms with Crippen LogP contribution in [-0.4, -0.2) is 24.1 Å². The summed E-state index contributed by atoms with van der Waals surface area (Å²) in [7, 11) is 1.48. The summed E-state index contributed by atoms with van der Waals surface area (Å²) in [6.07, 6.45) is 0. The van der Waals surface area contributed by atoms with Gasteiger partial charge >= 0.3 is 0 Å². The second kappa shape index (κ2) is 5.22. The van der Waals surface area contributed by atoms with Gasteiger partial charge in [-0.3, -0.25) is 4.79 Å². The molecule has 86 valence electrons.